The standard InChI is InChI=1S/C23H31N3S/c1-5-25(6-2)15-16-26-22-10-8-7-9-21(22)24-23(26)27-20-13-11-19(12-14-20)17-18(3)4/h7-14,18H,5-6,15-17H2,1-4H3/p+1. The first-order chi connectivity index (χ1) is 13.1. The lowest BCUT2D eigenvalue weighted by Crippen LogP contribution is -2.41. The molecule has 0 spiro atoms. The topological polar surface area (TPSA) is 22.9 Å². The van der Waals surface area contributed by atoms with Gasteiger partial charge in [-0.15, -0.1) is 0 Å². The van der Waals surface area contributed by atoms with Gasteiger partial charge < -0.3 is 0 Å². The first-order valence-electron chi connectivity index (χ1n) is 10.1. The highest BCUT2D eigenvalue weighted by Gasteiger charge is 2.20. The van der Waals surface area contributed by atoms with E-state index in [1.54, 1.807) is 0 Å². The predicted molar refractivity (Wildman–Crippen MR) is 115 cm³/mol. The van der Waals surface area contributed by atoms with E-state index in [1.807, 2.05) is 11.8 Å². The van der Waals surface area contributed by atoms with E-state index in [9.17, 15) is 0 Å². The van der Waals surface area contributed by atoms with Gasteiger partial charge in [-0.25, -0.2) is 9.55 Å². The van der Waals surface area contributed by atoms with E-state index in [0.717, 1.165) is 32.6 Å². The second-order valence-electron chi connectivity index (χ2n) is 7.47. The number of aromatic nitrogens is 2. The maximum atomic E-state index is 3.63. The third-order valence-electron chi connectivity index (χ3n) is 5.00. The SMILES string of the molecule is CCN(CC)CC[n+]1c(Sc2ccc(CC(C)C)cc2)[nH]c2ccccc21. The summed E-state index contributed by atoms with van der Waals surface area (Å²) in [5.74, 6) is 0.694. The number of para-hydroxylation sites is 2. The van der Waals surface area contributed by atoms with Crippen molar-refractivity contribution >= 4 is 22.8 Å². The molecule has 0 bridgehead atoms. The highest BCUT2D eigenvalue weighted by atomic mass is 32.2. The van der Waals surface area contributed by atoms with Gasteiger partial charge in [0.15, 0.2) is 11.0 Å². The van der Waals surface area contributed by atoms with Crippen LogP contribution in [0.4, 0.5) is 0 Å². The zero-order valence-electron chi connectivity index (χ0n) is 17.0. The van der Waals surface area contributed by atoms with Crippen molar-refractivity contribution in [2.45, 2.75) is 50.7 Å². The molecule has 3 aromatic rings. The summed E-state index contributed by atoms with van der Waals surface area (Å²) in [5.41, 5.74) is 3.90. The maximum absolute atomic E-state index is 3.63. The second-order valence-corrected chi connectivity index (χ2v) is 8.53. The number of nitrogens with one attached hydrogen (secondary N) is 1. The van der Waals surface area contributed by atoms with E-state index in [2.05, 4.69) is 90.7 Å². The van der Waals surface area contributed by atoms with Gasteiger partial charge in [-0.05, 0) is 67.0 Å². The molecule has 1 aromatic heterocycles. The number of hydrogen-bond donors (Lipinski definition) is 1. The summed E-state index contributed by atoms with van der Waals surface area (Å²) in [6, 6.07) is 17.6. The summed E-state index contributed by atoms with van der Waals surface area (Å²) in [6.45, 7) is 13.3. The minimum Gasteiger partial charge on any atom is -0.300 e. The van der Waals surface area contributed by atoms with Crippen molar-refractivity contribution in [2.24, 2.45) is 5.92 Å². The Hall–Kier alpha value is -1.78. The van der Waals surface area contributed by atoms with Crippen LogP contribution in [-0.4, -0.2) is 29.5 Å². The fraction of sp³-hybridized carbons (Fsp3) is 0.435. The molecule has 0 atom stereocenters. The van der Waals surface area contributed by atoms with Crippen LogP contribution in [0.5, 0.6) is 0 Å². The van der Waals surface area contributed by atoms with Crippen LogP contribution in [0.25, 0.3) is 11.0 Å². The minimum absolute atomic E-state index is 0.694. The zero-order chi connectivity index (χ0) is 19.2. The molecule has 0 unspecified atom stereocenters. The monoisotopic (exact) mass is 382 g/mol. The number of H-pyrrole nitrogens is 1. The Labute approximate surface area is 167 Å². The summed E-state index contributed by atoms with van der Waals surface area (Å²) < 4.78 is 2.43. The van der Waals surface area contributed by atoms with Crippen LogP contribution in [0, 0.1) is 5.92 Å². The van der Waals surface area contributed by atoms with Crippen molar-refractivity contribution in [2.75, 3.05) is 19.6 Å². The second kappa shape index (κ2) is 9.43. The van der Waals surface area contributed by atoms with Gasteiger partial charge in [0.05, 0.1) is 0 Å². The molecule has 3 nitrogen and oxygen atoms in total. The van der Waals surface area contributed by atoms with Crippen LogP contribution in [0.15, 0.2) is 58.6 Å². The van der Waals surface area contributed by atoms with Gasteiger partial charge in [0.25, 0.3) is 0 Å². The highest BCUT2D eigenvalue weighted by Crippen LogP contribution is 2.27. The molecule has 1 heterocycles. The van der Waals surface area contributed by atoms with Gasteiger partial charge in [-0.3, -0.25) is 4.90 Å². The van der Waals surface area contributed by atoms with Crippen LogP contribution in [0.3, 0.4) is 0 Å². The fourth-order valence-corrected chi connectivity index (χ4v) is 4.42. The van der Waals surface area contributed by atoms with Gasteiger partial charge in [0.1, 0.15) is 6.54 Å². The molecular weight excluding hydrogens is 350 g/mol. The molecule has 1 N–H and O–H groups in total. The van der Waals surface area contributed by atoms with E-state index in [1.165, 1.54) is 26.6 Å². The minimum atomic E-state index is 0.694. The number of hydrogen-bond acceptors (Lipinski definition) is 2. The first-order valence-corrected chi connectivity index (χ1v) is 10.9. The lowest BCUT2D eigenvalue weighted by atomic mass is 10.0. The number of aromatic amines is 1. The van der Waals surface area contributed by atoms with E-state index in [-0.39, 0.29) is 0 Å². The van der Waals surface area contributed by atoms with Crippen molar-refractivity contribution in [3.05, 3.63) is 54.1 Å². The normalized spacial score (nSPS) is 11.8. The molecule has 2 aromatic carbocycles. The Balaban J connectivity index is 1.83. The van der Waals surface area contributed by atoms with E-state index >= 15 is 0 Å². The molecular formula is C23H32N3S+. The molecule has 0 saturated heterocycles. The number of rotatable bonds is 9. The number of likely N-dealkylation sites (N-methyl/N-ethyl adjacent to an activating group) is 1. The molecule has 0 amide bonds. The molecule has 4 heteroatoms. The summed E-state index contributed by atoms with van der Waals surface area (Å²) in [7, 11) is 0. The van der Waals surface area contributed by atoms with Crippen LogP contribution in [0.2, 0.25) is 0 Å². The summed E-state index contributed by atoms with van der Waals surface area (Å²) in [5, 5.41) is 1.21. The van der Waals surface area contributed by atoms with Crippen molar-refractivity contribution in [1.29, 1.82) is 0 Å². The molecule has 0 aliphatic carbocycles. The van der Waals surface area contributed by atoms with Crippen LogP contribution in [-0.2, 0) is 13.0 Å². The molecule has 144 valence electrons. The Morgan fingerprint density at radius 3 is 2.37 bits per heavy atom. The van der Waals surface area contributed by atoms with Gasteiger partial charge in [0, 0.05) is 11.4 Å². The molecule has 0 saturated carbocycles. The molecule has 27 heavy (non-hydrogen) atoms. The van der Waals surface area contributed by atoms with Crippen molar-refractivity contribution in [3.63, 3.8) is 0 Å². The number of benzene rings is 2. The summed E-state index contributed by atoms with van der Waals surface area (Å²) >= 11 is 1.82. The fourth-order valence-electron chi connectivity index (χ4n) is 3.47. The average molecular weight is 383 g/mol. The maximum Gasteiger partial charge on any atom is 0.321 e. The molecule has 3 rings (SSSR count). The van der Waals surface area contributed by atoms with Crippen LogP contribution >= 0.6 is 11.8 Å². The largest absolute Gasteiger partial charge is 0.321 e. The van der Waals surface area contributed by atoms with Gasteiger partial charge >= 0.3 is 5.16 Å². The van der Waals surface area contributed by atoms with Crippen molar-refractivity contribution in [3.8, 4) is 0 Å². The third kappa shape index (κ3) is 5.14. The lowest BCUT2D eigenvalue weighted by Gasteiger charge is -2.16. The van der Waals surface area contributed by atoms with Gasteiger partial charge in [-0.2, -0.15) is 0 Å². The van der Waals surface area contributed by atoms with Gasteiger partial charge in [-0.1, -0.05) is 52.0 Å². The summed E-state index contributed by atoms with van der Waals surface area (Å²) in [6.07, 6.45) is 1.14. The number of imidazole rings is 1. The Bertz CT molecular complexity index is 848. The number of nitrogens with zero attached hydrogens (tertiary/aromatic N) is 2. The third-order valence-corrected chi connectivity index (χ3v) is 6.02. The molecule has 0 radical (unpaired) electrons. The van der Waals surface area contributed by atoms with Crippen LogP contribution < -0.4 is 4.57 Å². The van der Waals surface area contributed by atoms with E-state index in [0.29, 0.717) is 5.92 Å². The van der Waals surface area contributed by atoms with E-state index < -0.39 is 0 Å². The average Bonchev–Trinajstić information content (AvgIpc) is 3.01. The Kier molecular flexibility index (Phi) is 6.97. The summed E-state index contributed by atoms with van der Waals surface area (Å²) in [4.78, 5) is 7.39. The zero-order valence-corrected chi connectivity index (χ0v) is 17.9. The molecule has 0 aliphatic rings. The van der Waals surface area contributed by atoms with Crippen LogP contribution in [0.1, 0.15) is 33.3 Å². The Morgan fingerprint density at radius 2 is 1.70 bits per heavy atom. The van der Waals surface area contributed by atoms with Crippen molar-refractivity contribution in [1.82, 2.24) is 9.88 Å². The predicted octanol–water partition coefficient (Wildman–Crippen LogP) is 5.15. The number of fused-ring (bicyclic) bond motifs is 1. The molecule has 0 fully saturated rings. The highest BCUT2D eigenvalue weighted by molar-refractivity contribution is 7.99. The van der Waals surface area contributed by atoms with Crippen molar-refractivity contribution < 1.29 is 4.57 Å². The Morgan fingerprint density at radius 1 is 1.00 bits per heavy atom. The van der Waals surface area contributed by atoms with E-state index in [4.69, 9.17) is 0 Å². The van der Waals surface area contributed by atoms with Gasteiger partial charge in [0.2, 0.25) is 0 Å². The first kappa shape index (κ1) is 20.0. The quantitative estimate of drug-likeness (QED) is 0.517. The molecule has 0 aliphatic heterocycles. The lowest BCUT2D eigenvalue weighted by molar-refractivity contribution is -0.708. The smallest absolute Gasteiger partial charge is 0.300 e.